The SMILES string of the molecule is Cc1cccc(N2CCN(c3ncc(C(=O)NC4CCCC4)cn3)CC2)c1C. The van der Waals surface area contributed by atoms with Crippen LogP contribution in [0.15, 0.2) is 30.6 Å². The van der Waals surface area contributed by atoms with Crippen molar-refractivity contribution >= 4 is 17.5 Å². The summed E-state index contributed by atoms with van der Waals surface area (Å²) in [5.41, 5.74) is 4.55. The molecular weight excluding hydrogens is 350 g/mol. The molecular formula is C22H29N5O. The average Bonchev–Trinajstić information content (AvgIpc) is 3.23. The van der Waals surface area contributed by atoms with Crippen LogP contribution >= 0.6 is 0 Å². The highest BCUT2D eigenvalue weighted by molar-refractivity contribution is 5.93. The molecule has 0 radical (unpaired) electrons. The third-order valence-electron chi connectivity index (χ3n) is 6.07. The second kappa shape index (κ2) is 8.17. The number of nitrogens with one attached hydrogen (secondary N) is 1. The van der Waals surface area contributed by atoms with Crippen LogP contribution in [0.2, 0.25) is 0 Å². The van der Waals surface area contributed by atoms with E-state index in [1.54, 1.807) is 12.4 Å². The molecule has 6 nitrogen and oxygen atoms in total. The van der Waals surface area contributed by atoms with Gasteiger partial charge in [-0.15, -0.1) is 0 Å². The molecule has 148 valence electrons. The van der Waals surface area contributed by atoms with Crippen molar-refractivity contribution in [3.8, 4) is 0 Å². The first-order valence-corrected chi connectivity index (χ1v) is 10.3. The van der Waals surface area contributed by atoms with Gasteiger partial charge >= 0.3 is 0 Å². The summed E-state index contributed by atoms with van der Waals surface area (Å²) >= 11 is 0. The number of nitrogens with zero attached hydrogens (tertiary/aromatic N) is 4. The molecule has 1 saturated heterocycles. The Morgan fingerprint density at radius 2 is 1.64 bits per heavy atom. The Bertz CT molecular complexity index is 821. The number of benzene rings is 1. The van der Waals surface area contributed by atoms with Gasteiger partial charge in [-0.25, -0.2) is 9.97 Å². The molecule has 0 bridgehead atoms. The number of aromatic nitrogens is 2. The highest BCUT2D eigenvalue weighted by Crippen LogP contribution is 2.24. The van der Waals surface area contributed by atoms with Crippen LogP contribution in [0, 0.1) is 13.8 Å². The van der Waals surface area contributed by atoms with Gasteiger partial charge in [0.15, 0.2) is 0 Å². The Balaban J connectivity index is 1.35. The fraction of sp³-hybridized carbons (Fsp3) is 0.500. The first-order chi connectivity index (χ1) is 13.6. The molecule has 4 rings (SSSR count). The lowest BCUT2D eigenvalue weighted by Crippen LogP contribution is -2.47. The van der Waals surface area contributed by atoms with E-state index in [-0.39, 0.29) is 5.91 Å². The summed E-state index contributed by atoms with van der Waals surface area (Å²) in [5, 5.41) is 3.09. The molecule has 1 aliphatic carbocycles. The van der Waals surface area contributed by atoms with Crippen molar-refractivity contribution in [3.63, 3.8) is 0 Å². The number of amides is 1. The molecule has 2 aliphatic rings. The maximum atomic E-state index is 12.3. The molecule has 2 aromatic rings. The Labute approximate surface area is 167 Å². The Kier molecular flexibility index (Phi) is 5.46. The normalized spacial score (nSPS) is 17.8. The minimum Gasteiger partial charge on any atom is -0.368 e. The van der Waals surface area contributed by atoms with Gasteiger partial charge < -0.3 is 15.1 Å². The van der Waals surface area contributed by atoms with Crippen LogP contribution in [0.25, 0.3) is 0 Å². The molecule has 2 heterocycles. The summed E-state index contributed by atoms with van der Waals surface area (Å²) in [5.74, 6) is 0.649. The van der Waals surface area contributed by atoms with Crippen molar-refractivity contribution in [2.45, 2.75) is 45.6 Å². The number of rotatable bonds is 4. The lowest BCUT2D eigenvalue weighted by molar-refractivity contribution is 0.0937. The molecule has 1 saturated carbocycles. The zero-order valence-corrected chi connectivity index (χ0v) is 16.8. The number of hydrogen-bond donors (Lipinski definition) is 1. The first-order valence-electron chi connectivity index (χ1n) is 10.3. The zero-order chi connectivity index (χ0) is 19.5. The fourth-order valence-corrected chi connectivity index (χ4v) is 4.17. The second-order valence-corrected chi connectivity index (χ2v) is 7.92. The molecule has 1 aliphatic heterocycles. The summed E-state index contributed by atoms with van der Waals surface area (Å²) in [4.78, 5) is 25.9. The summed E-state index contributed by atoms with van der Waals surface area (Å²) in [6.07, 6.45) is 7.88. The van der Waals surface area contributed by atoms with E-state index in [4.69, 9.17) is 0 Å². The lowest BCUT2D eigenvalue weighted by atomic mass is 10.1. The van der Waals surface area contributed by atoms with Crippen molar-refractivity contribution in [2.24, 2.45) is 0 Å². The van der Waals surface area contributed by atoms with Crippen molar-refractivity contribution in [2.75, 3.05) is 36.0 Å². The Hall–Kier alpha value is -2.63. The van der Waals surface area contributed by atoms with E-state index in [1.165, 1.54) is 29.7 Å². The van der Waals surface area contributed by atoms with E-state index >= 15 is 0 Å². The van der Waals surface area contributed by atoms with E-state index in [0.717, 1.165) is 39.0 Å². The van der Waals surface area contributed by atoms with Gasteiger partial charge in [-0.2, -0.15) is 0 Å². The van der Waals surface area contributed by atoms with E-state index < -0.39 is 0 Å². The lowest BCUT2D eigenvalue weighted by Gasteiger charge is -2.37. The number of piperazine rings is 1. The van der Waals surface area contributed by atoms with Gasteiger partial charge in [0.1, 0.15) is 0 Å². The van der Waals surface area contributed by atoms with Crippen LogP contribution < -0.4 is 15.1 Å². The van der Waals surface area contributed by atoms with Crippen LogP contribution in [0.1, 0.15) is 47.2 Å². The molecule has 6 heteroatoms. The molecule has 0 atom stereocenters. The van der Waals surface area contributed by atoms with Crippen LogP contribution in [-0.4, -0.2) is 48.1 Å². The van der Waals surface area contributed by atoms with E-state index in [2.05, 4.69) is 57.1 Å². The minimum absolute atomic E-state index is 0.0572. The van der Waals surface area contributed by atoms with Gasteiger partial charge in [0.25, 0.3) is 5.91 Å². The van der Waals surface area contributed by atoms with Crippen molar-refractivity contribution in [1.82, 2.24) is 15.3 Å². The molecule has 28 heavy (non-hydrogen) atoms. The van der Waals surface area contributed by atoms with Crippen LogP contribution in [-0.2, 0) is 0 Å². The Morgan fingerprint density at radius 1 is 1.00 bits per heavy atom. The van der Waals surface area contributed by atoms with Crippen molar-refractivity contribution in [3.05, 3.63) is 47.3 Å². The van der Waals surface area contributed by atoms with E-state index in [9.17, 15) is 4.79 Å². The number of carbonyl (C=O) groups excluding carboxylic acids is 1. The molecule has 1 amide bonds. The summed E-state index contributed by atoms with van der Waals surface area (Å²) in [6.45, 7) is 7.99. The zero-order valence-electron chi connectivity index (χ0n) is 16.8. The number of aryl methyl sites for hydroxylation is 1. The summed E-state index contributed by atoms with van der Waals surface area (Å²) in [6, 6.07) is 6.80. The fourth-order valence-electron chi connectivity index (χ4n) is 4.17. The quantitative estimate of drug-likeness (QED) is 0.885. The molecule has 0 spiro atoms. The Morgan fingerprint density at radius 3 is 2.32 bits per heavy atom. The number of anilines is 2. The molecule has 1 aromatic carbocycles. The third kappa shape index (κ3) is 3.96. The van der Waals surface area contributed by atoms with Crippen LogP contribution in [0.4, 0.5) is 11.6 Å². The number of carbonyl (C=O) groups is 1. The predicted octanol–water partition coefficient (Wildman–Crippen LogP) is 3.09. The standard InChI is InChI=1S/C22H29N5O/c1-16-6-5-9-20(17(16)2)26-10-12-27(13-11-26)22-23-14-18(15-24-22)21(28)25-19-7-3-4-8-19/h5-6,9,14-15,19H,3-4,7-8,10-13H2,1-2H3,(H,25,28). The molecule has 1 N–H and O–H groups in total. The monoisotopic (exact) mass is 379 g/mol. The summed E-state index contributed by atoms with van der Waals surface area (Å²) < 4.78 is 0. The molecule has 0 unspecified atom stereocenters. The van der Waals surface area contributed by atoms with E-state index in [1.807, 2.05) is 0 Å². The predicted molar refractivity (Wildman–Crippen MR) is 112 cm³/mol. The molecule has 2 fully saturated rings. The van der Waals surface area contributed by atoms with Gasteiger partial charge in [0, 0.05) is 50.3 Å². The second-order valence-electron chi connectivity index (χ2n) is 7.92. The summed E-state index contributed by atoms with van der Waals surface area (Å²) in [7, 11) is 0. The van der Waals surface area contributed by atoms with Gasteiger partial charge in [-0.3, -0.25) is 4.79 Å². The van der Waals surface area contributed by atoms with Crippen LogP contribution in [0.5, 0.6) is 0 Å². The highest BCUT2D eigenvalue weighted by atomic mass is 16.1. The van der Waals surface area contributed by atoms with Crippen molar-refractivity contribution < 1.29 is 4.79 Å². The van der Waals surface area contributed by atoms with E-state index in [0.29, 0.717) is 17.6 Å². The topological polar surface area (TPSA) is 61.4 Å². The minimum atomic E-state index is -0.0572. The average molecular weight is 380 g/mol. The molecule has 1 aromatic heterocycles. The van der Waals surface area contributed by atoms with Gasteiger partial charge in [-0.05, 0) is 43.9 Å². The van der Waals surface area contributed by atoms with Crippen molar-refractivity contribution in [1.29, 1.82) is 0 Å². The van der Waals surface area contributed by atoms with Crippen LogP contribution in [0.3, 0.4) is 0 Å². The third-order valence-corrected chi connectivity index (χ3v) is 6.07. The van der Waals surface area contributed by atoms with Gasteiger partial charge in [-0.1, -0.05) is 25.0 Å². The largest absolute Gasteiger partial charge is 0.368 e. The maximum absolute atomic E-state index is 12.3. The smallest absolute Gasteiger partial charge is 0.254 e. The van der Waals surface area contributed by atoms with Gasteiger partial charge in [0.05, 0.1) is 5.56 Å². The first kappa shape index (κ1) is 18.7. The highest BCUT2D eigenvalue weighted by Gasteiger charge is 2.22. The number of hydrogen-bond acceptors (Lipinski definition) is 5. The maximum Gasteiger partial charge on any atom is 0.254 e. The van der Waals surface area contributed by atoms with Gasteiger partial charge in [0.2, 0.25) is 5.95 Å².